The zero-order valence-corrected chi connectivity index (χ0v) is 18.1. The molecular formula is C23H37N5O. The Morgan fingerprint density at radius 3 is 2.62 bits per heavy atom. The van der Waals surface area contributed by atoms with Crippen molar-refractivity contribution in [2.24, 2.45) is 10.4 Å². The van der Waals surface area contributed by atoms with E-state index in [9.17, 15) is 0 Å². The lowest BCUT2D eigenvalue weighted by Gasteiger charge is -2.38. The molecule has 0 aromatic heterocycles. The Morgan fingerprint density at radius 1 is 1.14 bits per heavy atom. The van der Waals surface area contributed by atoms with E-state index < -0.39 is 0 Å². The van der Waals surface area contributed by atoms with E-state index in [0.717, 1.165) is 71.5 Å². The van der Waals surface area contributed by atoms with E-state index in [1.165, 1.54) is 18.5 Å². The van der Waals surface area contributed by atoms with Gasteiger partial charge in [-0.25, -0.2) is 0 Å². The highest BCUT2D eigenvalue weighted by atomic mass is 16.5. The monoisotopic (exact) mass is 399 g/mol. The molecule has 2 atom stereocenters. The zero-order chi connectivity index (χ0) is 20.1. The number of guanidine groups is 1. The summed E-state index contributed by atoms with van der Waals surface area (Å²) >= 11 is 0. The number of aliphatic imine (C=N–C) groups is 1. The molecule has 3 heterocycles. The number of para-hydroxylation sites is 1. The minimum absolute atomic E-state index is 0.371. The lowest BCUT2D eigenvalue weighted by atomic mass is 9.87. The summed E-state index contributed by atoms with van der Waals surface area (Å²) in [5.74, 6) is 1.09. The maximum atomic E-state index is 5.69. The topological polar surface area (TPSA) is 43.3 Å². The fourth-order valence-electron chi connectivity index (χ4n) is 4.91. The molecule has 160 valence electrons. The van der Waals surface area contributed by atoms with Crippen LogP contribution in [0.15, 0.2) is 35.3 Å². The predicted molar refractivity (Wildman–Crippen MR) is 120 cm³/mol. The van der Waals surface area contributed by atoms with Gasteiger partial charge in [-0.1, -0.05) is 18.2 Å². The average molecular weight is 400 g/mol. The molecule has 3 aliphatic heterocycles. The van der Waals surface area contributed by atoms with Gasteiger partial charge in [0.1, 0.15) is 0 Å². The van der Waals surface area contributed by atoms with Crippen molar-refractivity contribution in [1.29, 1.82) is 0 Å². The number of rotatable bonds is 5. The smallest absolute Gasteiger partial charge is 0.193 e. The van der Waals surface area contributed by atoms with Crippen molar-refractivity contribution < 1.29 is 4.74 Å². The van der Waals surface area contributed by atoms with Crippen molar-refractivity contribution in [3.8, 4) is 0 Å². The van der Waals surface area contributed by atoms with Crippen LogP contribution < -0.4 is 10.2 Å². The second-order valence-corrected chi connectivity index (χ2v) is 8.88. The summed E-state index contributed by atoms with van der Waals surface area (Å²) in [6.07, 6.45) is 2.43. The van der Waals surface area contributed by atoms with Gasteiger partial charge in [0, 0.05) is 69.6 Å². The first kappa shape index (κ1) is 20.5. The number of nitrogens with zero attached hydrogens (tertiary/aromatic N) is 4. The second-order valence-electron chi connectivity index (χ2n) is 8.88. The molecule has 1 aromatic rings. The van der Waals surface area contributed by atoms with Crippen molar-refractivity contribution in [2.75, 3.05) is 70.5 Å². The van der Waals surface area contributed by atoms with E-state index in [4.69, 9.17) is 9.73 Å². The largest absolute Gasteiger partial charge is 0.381 e. The standard InChI is InChI=1S/C23H37N5O/c1-3-24-22(28-11-9-23(18-28)10-16-29-19-23)25-17-20(2)26-12-14-27(15-13-26)21-7-5-4-6-8-21/h4-8,20H,3,9-19H2,1-2H3,(H,24,25). The number of likely N-dealkylation sites (tertiary alicyclic amines) is 1. The number of hydrogen-bond donors (Lipinski definition) is 1. The Bertz CT molecular complexity index is 665. The van der Waals surface area contributed by atoms with Crippen LogP contribution in [0.2, 0.25) is 0 Å². The van der Waals surface area contributed by atoms with Gasteiger partial charge in [-0.05, 0) is 38.8 Å². The van der Waals surface area contributed by atoms with E-state index in [0.29, 0.717) is 11.5 Å². The molecule has 2 unspecified atom stereocenters. The summed E-state index contributed by atoms with van der Waals surface area (Å²) in [6.45, 7) is 14.7. The van der Waals surface area contributed by atoms with Gasteiger partial charge in [0.15, 0.2) is 5.96 Å². The molecule has 1 aromatic carbocycles. The third-order valence-corrected chi connectivity index (χ3v) is 6.82. The van der Waals surface area contributed by atoms with Gasteiger partial charge < -0.3 is 19.9 Å². The van der Waals surface area contributed by atoms with Gasteiger partial charge in [-0.2, -0.15) is 0 Å². The Labute approximate surface area is 175 Å². The summed E-state index contributed by atoms with van der Waals surface area (Å²) in [4.78, 5) is 12.6. The van der Waals surface area contributed by atoms with E-state index in [2.05, 4.69) is 64.2 Å². The minimum atomic E-state index is 0.371. The number of benzene rings is 1. The van der Waals surface area contributed by atoms with Crippen molar-refractivity contribution in [1.82, 2.24) is 15.1 Å². The maximum Gasteiger partial charge on any atom is 0.193 e. The average Bonchev–Trinajstić information content (AvgIpc) is 3.41. The van der Waals surface area contributed by atoms with E-state index in [1.807, 2.05) is 0 Å². The molecule has 6 nitrogen and oxygen atoms in total. The van der Waals surface area contributed by atoms with Crippen molar-refractivity contribution in [3.63, 3.8) is 0 Å². The molecule has 0 amide bonds. The van der Waals surface area contributed by atoms with Gasteiger partial charge in [-0.3, -0.25) is 9.89 Å². The summed E-state index contributed by atoms with van der Waals surface area (Å²) < 4.78 is 5.69. The highest BCUT2D eigenvalue weighted by Gasteiger charge is 2.42. The molecule has 4 rings (SSSR count). The Morgan fingerprint density at radius 2 is 1.93 bits per heavy atom. The van der Waals surface area contributed by atoms with Crippen LogP contribution in [0.3, 0.4) is 0 Å². The zero-order valence-electron chi connectivity index (χ0n) is 18.1. The predicted octanol–water partition coefficient (Wildman–Crippen LogP) is 2.27. The van der Waals surface area contributed by atoms with Crippen LogP contribution in [-0.4, -0.2) is 87.4 Å². The van der Waals surface area contributed by atoms with Crippen LogP contribution in [0, 0.1) is 5.41 Å². The van der Waals surface area contributed by atoms with Crippen LogP contribution in [0.1, 0.15) is 26.7 Å². The van der Waals surface area contributed by atoms with E-state index >= 15 is 0 Å². The van der Waals surface area contributed by atoms with E-state index in [-0.39, 0.29) is 0 Å². The Balaban J connectivity index is 1.30. The molecule has 0 aliphatic carbocycles. The van der Waals surface area contributed by atoms with Crippen LogP contribution in [0.25, 0.3) is 0 Å². The molecule has 1 spiro atoms. The van der Waals surface area contributed by atoms with Crippen molar-refractivity contribution in [2.45, 2.75) is 32.7 Å². The Kier molecular flexibility index (Phi) is 6.60. The third kappa shape index (κ3) is 4.86. The molecular weight excluding hydrogens is 362 g/mol. The third-order valence-electron chi connectivity index (χ3n) is 6.82. The number of ether oxygens (including phenoxy) is 1. The maximum absolute atomic E-state index is 5.69. The summed E-state index contributed by atoms with van der Waals surface area (Å²) in [5.41, 5.74) is 1.71. The number of nitrogens with one attached hydrogen (secondary N) is 1. The first-order valence-electron chi connectivity index (χ1n) is 11.3. The van der Waals surface area contributed by atoms with Crippen LogP contribution in [0.5, 0.6) is 0 Å². The first-order chi connectivity index (χ1) is 14.2. The number of hydrogen-bond acceptors (Lipinski definition) is 4. The lowest BCUT2D eigenvalue weighted by Crippen LogP contribution is -2.50. The molecule has 3 saturated heterocycles. The summed E-state index contributed by atoms with van der Waals surface area (Å²) in [6, 6.07) is 11.2. The molecule has 3 aliphatic rings. The van der Waals surface area contributed by atoms with Crippen LogP contribution >= 0.6 is 0 Å². The number of piperazine rings is 1. The molecule has 0 saturated carbocycles. The summed E-state index contributed by atoms with van der Waals surface area (Å²) in [5, 5.41) is 3.53. The van der Waals surface area contributed by atoms with Gasteiger partial charge in [0.2, 0.25) is 0 Å². The number of anilines is 1. The van der Waals surface area contributed by atoms with Gasteiger partial charge in [0.05, 0.1) is 13.2 Å². The molecule has 29 heavy (non-hydrogen) atoms. The van der Waals surface area contributed by atoms with Gasteiger partial charge in [-0.15, -0.1) is 0 Å². The Hall–Kier alpha value is -1.79. The summed E-state index contributed by atoms with van der Waals surface area (Å²) in [7, 11) is 0. The quantitative estimate of drug-likeness (QED) is 0.608. The molecule has 3 fully saturated rings. The fourth-order valence-corrected chi connectivity index (χ4v) is 4.91. The molecule has 0 radical (unpaired) electrons. The van der Waals surface area contributed by atoms with Crippen molar-refractivity contribution >= 4 is 11.6 Å². The van der Waals surface area contributed by atoms with Crippen molar-refractivity contribution in [3.05, 3.63) is 30.3 Å². The fraction of sp³-hybridized carbons (Fsp3) is 0.696. The molecule has 0 bridgehead atoms. The SMILES string of the molecule is CCNC(=NCC(C)N1CCN(c2ccccc2)CC1)N1CCC2(CCOC2)C1. The van der Waals surface area contributed by atoms with Crippen LogP contribution in [-0.2, 0) is 4.74 Å². The lowest BCUT2D eigenvalue weighted by molar-refractivity contribution is 0.156. The first-order valence-corrected chi connectivity index (χ1v) is 11.3. The highest BCUT2D eigenvalue weighted by molar-refractivity contribution is 5.80. The minimum Gasteiger partial charge on any atom is -0.381 e. The highest BCUT2D eigenvalue weighted by Crippen LogP contribution is 2.38. The van der Waals surface area contributed by atoms with E-state index in [1.54, 1.807) is 0 Å². The normalized spacial score (nSPS) is 27.0. The van der Waals surface area contributed by atoms with Crippen LogP contribution in [0.4, 0.5) is 5.69 Å². The van der Waals surface area contributed by atoms with Gasteiger partial charge in [0.25, 0.3) is 0 Å². The van der Waals surface area contributed by atoms with Gasteiger partial charge >= 0.3 is 0 Å². The molecule has 1 N–H and O–H groups in total. The second kappa shape index (κ2) is 9.35. The molecule has 6 heteroatoms.